The third-order valence-electron chi connectivity index (χ3n) is 3.61. The van der Waals surface area contributed by atoms with Crippen LogP contribution >= 0.6 is 0 Å². The van der Waals surface area contributed by atoms with Crippen LogP contribution in [0.5, 0.6) is 11.5 Å². The summed E-state index contributed by atoms with van der Waals surface area (Å²) in [4.78, 5) is 18.3. The number of nitrogens with two attached hydrogens (primary N) is 1. The predicted molar refractivity (Wildman–Crippen MR) is 96.7 cm³/mol. The third-order valence-corrected chi connectivity index (χ3v) is 3.61. The van der Waals surface area contributed by atoms with Gasteiger partial charge in [-0.2, -0.15) is 0 Å². The van der Waals surface area contributed by atoms with Gasteiger partial charge in [0.2, 0.25) is 0 Å². The van der Waals surface area contributed by atoms with Crippen molar-refractivity contribution in [2.45, 2.75) is 0 Å². The number of pyridine rings is 2. The average Bonchev–Trinajstić information content (AvgIpc) is 2.66. The maximum atomic E-state index is 10.4. The second-order valence-electron chi connectivity index (χ2n) is 5.17. The molecule has 4 N–H and O–H groups in total. The van der Waals surface area contributed by atoms with E-state index in [2.05, 4.69) is 15.1 Å². The van der Waals surface area contributed by atoms with Gasteiger partial charge >= 0.3 is 0 Å². The zero-order chi connectivity index (χ0) is 17.8. The first-order valence-corrected chi connectivity index (χ1v) is 7.34. The Morgan fingerprint density at radius 1 is 0.800 bits per heavy atom. The van der Waals surface area contributed by atoms with E-state index in [4.69, 9.17) is 5.73 Å². The number of aromatic hydroxyl groups is 2. The molecule has 0 fully saturated rings. The molecule has 0 atom stereocenters. The Kier molecular flexibility index (Phi) is 4.38. The molecule has 0 aliphatic heterocycles. The molecule has 7 nitrogen and oxygen atoms in total. The highest BCUT2D eigenvalue weighted by molar-refractivity contribution is 5.94. The zero-order valence-corrected chi connectivity index (χ0v) is 13.0. The van der Waals surface area contributed by atoms with Crippen LogP contribution in [0.3, 0.4) is 0 Å². The molecule has 2 aromatic carbocycles. The van der Waals surface area contributed by atoms with Gasteiger partial charge in [-0.05, 0) is 53.7 Å². The first-order valence-electron chi connectivity index (χ1n) is 7.34. The Hall–Kier alpha value is -3.74. The van der Waals surface area contributed by atoms with Gasteiger partial charge in [0.05, 0.1) is 0 Å². The lowest BCUT2D eigenvalue weighted by molar-refractivity contribution is 0.480. The van der Waals surface area contributed by atoms with Gasteiger partial charge in [0.1, 0.15) is 28.2 Å². The number of phenols is 2. The molecule has 4 rings (SSSR count). The van der Waals surface area contributed by atoms with Crippen molar-refractivity contribution in [2.75, 3.05) is 5.73 Å². The summed E-state index contributed by atoms with van der Waals surface area (Å²) in [6.07, 6.45) is 3.18. The largest absolute Gasteiger partial charge is 0.506 e. The highest BCUT2D eigenvalue weighted by atomic mass is 16.3. The van der Waals surface area contributed by atoms with E-state index in [1.54, 1.807) is 42.7 Å². The van der Waals surface area contributed by atoms with Crippen LogP contribution in [0.1, 0.15) is 0 Å². The van der Waals surface area contributed by atoms with Crippen molar-refractivity contribution >= 4 is 33.2 Å². The molecule has 0 unspecified atom stereocenters. The summed E-state index contributed by atoms with van der Waals surface area (Å²) in [6, 6.07) is 13.1. The molecular weight excluding hydrogens is 320 g/mol. The van der Waals surface area contributed by atoms with Crippen molar-refractivity contribution in [3.05, 3.63) is 65.8 Å². The highest BCUT2D eigenvalue weighted by Crippen LogP contribution is 2.30. The van der Waals surface area contributed by atoms with Gasteiger partial charge in [-0.15, -0.1) is 4.91 Å². The van der Waals surface area contributed by atoms with Crippen LogP contribution in [0, 0.1) is 4.91 Å². The van der Waals surface area contributed by atoms with E-state index in [0.717, 1.165) is 5.39 Å². The van der Waals surface area contributed by atoms with E-state index in [1.165, 1.54) is 12.1 Å². The summed E-state index contributed by atoms with van der Waals surface area (Å²) in [5.74, 6) is 0.225. The van der Waals surface area contributed by atoms with E-state index in [1.807, 2.05) is 6.07 Å². The molecular formula is C18H14N4O3. The minimum atomic E-state index is 0.0583. The fourth-order valence-corrected chi connectivity index (χ4v) is 2.40. The van der Waals surface area contributed by atoms with Crippen LogP contribution in [-0.4, -0.2) is 20.2 Å². The van der Waals surface area contributed by atoms with Crippen LogP contribution < -0.4 is 5.73 Å². The molecule has 0 bridgehead atoms. The number of aromatic nitrogens is 2. The highest BCUT2D eigenvalue weighted by Gasteiger charge is 2.05. The number of nitrogen functional groups attached to an aromatic ring is 1. The predicted octanol–water partition coefficient (Wildman–Crippen LogP) is 3.86. The summed E-state index contributed by atoms with van der Waals surface area (Å²) in [5, 5.41) is 23.0. The van der Waals surface area contributed by atoms with Gasteiger partial charge in [0, 0.05) is 28.9 Å². The molecule has 0 aliphatic rings. The molecule has 0 aliphatic carbocycles. The first-order chi connectivity index (χ1) is 12.1. The van der Waals surface area contributed by atoms with Crippen molar-refractivity contribution in [1.29, 1.82) is 0 Å². The maximum Gasteiger partial charge on any atom is 0.141 e. The number of phenolic OH excluding ortho intramolecular Hbond substituents is 2. The molecule has 0 saturated heterocycles. The van der Waals surface area contributed by atoms with Gasteiger partial charge in [0.25, 0.3) is 0 Å². The minimum Gasteiger partial charge on any atom is -0.506 e. The number of benzene rings is 2. The number of hydrogen-bond acceptors (Lipinski definition) is 7. The molecule has 124 valence electrons. The smallest absolute Gasteiger partial charge is 0.141 e. The number of rotatable bonds is 1. The molecule has 4 aromatic rings. The Balaban J connectivity index is 0.000000146. The summed E-state index contributed by atoms with van der Waals surface area (Å²) in [5.41, 5.74) is 7.56. The molecule has 0 spiro atoms. The third kappa shape index (κ3) is 3.16. The lowest BCUT2D eigenvalue weighted by Gasteiger charge is -2.01. The van der Waals surface area contributed by atoms with E-state index in [0.29, 0.717) is 27.8 Å². The van der Waals surface area contributed by atoms with E-state index >= 15 is 0 Å². The number of nitrogens with zero attached hydrogens (tertiary/aromatic N) is 3. The number of nitroso groups, excluding NO2 is 1. The van der Waals surface area contributed by atoms with Gasteiger partial charge < -0.3 is 15.9 Å². The lowest BCUT2D eigenvalue weighted by atomic mass is 10.2. The summed E-state index contributed by atoms with van der Waals surface area (Å²) in [7, 11) is 0. The fourth-order valence-electron chi connectivity index (χ4n) is 2.40. The van der Waals surface area contributed by atoms with Crippen molar-refractivity contribution in [3.8, 4) is 11.5 Å². The van der Waals surface area contributed by atoms with Crippen molar-refractivity contribution < 1.29 is 10.2 Å². The molecule has 7 heteroatoms. The first kappa shape index (κ1) is 16.1. The van der Waals surface area contributed by atoms with Crippen LogP contribution in [0.15, 0.2) is 66.1 Å². The van der Waals surface area contributed by atoms with Gasteiger partial charge in [-0.25, -0.2) is 0 Å². The second kappa shape index (κ2) is 6.79. The second-order valence-corrected chi connectivity index (χ2v) is 5.17. The van der Waals surface area contributed by atoms with E-state index < -0.39 is 0 Å². The van der Waals surface area contributed by atoms with Crippen LogP contribution in [0.2, 0.25) is 0 Å². The normalized spacial score (nSPS) is 10.2. The van der Waals surface area contributed by atoms with Crippen molar-refractivity contribution in [2.24, 2.45) is 5.18 Å². The monoisotopic (exact) mass is 334 g/mol. The van der Waals surface area contributed by atoms with Crippen molar-refractivity contribution in [3.63, 3.8) is 0 Å². The maximum absolute atomic E-state index is 10.4. The molecule has 2 aromatic heterocycles. The molecule has 0 radical (unpaired) electrons. The average molecular weight is 334 g/mol. The minimum absolute atomic E-state index is 0.0583. The summed E-state index contributed by atoms with van der Waals surface area (Å²) >= 11 is 0. The summed E-state index contributed by atoms with van der Waals surface area (Å²) in [6.45, 7) is 0. The van der Waals surface area contributed by atoms with Gasteiger partial charge in [-0.3, -0.25) is 9.97 Å². The SMILES string of the molecule is Nc1ccc(O)c2ncccc12.O=Nc1ccc(O)c2ncccc12. The molecule has 2 heterocycles. The topological polar surface area (TPSA) is 122 Å². The Bertz CT molecular complexity index is 1030. The molecule has 0 saturated carbocycles. The van der Waals surface area contributed by atoms with Crippen LogP contribution in [-0.2, 0) is 0 Å². The van der Waals surface area contributed by atoms with Crippen LogP contribution in [0.4, 0.5) is 11.4 Å². The Labute approximate surface area is 142 Å². The van der Waals surface area contributed by atoms with Gasteiger partial charge in [-0.1, -0.05) is 0 Å². The fraction of sp³-hybridized carbons (Fsp3) is 0. The summed E-state index contributed by atoms with van der Waals surface area (Å²) < 4.78 is 0. The number of anilines is 1. The molecule has 25 heavy (non-hydrogen) atoms. The zero-order valence-electron chi connectivity index (χ0n) is 13.0. The van der Waals surface area contributed by atoms with E-state index in [-0.39, 0.29) is 11.5 Å². The Morgan fingerprint density at radius 3 is 1.96 bits per heavy atom. The lowest BCUT2D eigenvalue weighted by Crippen LogP contribution is -1.87. The van der Waals surface area contributed by atoms with E-state index in [9.17, 15) is 15.1 Å². The molecule has 0 amide bonds. The van der Waals surface area contributed by atoms with Gasteiger partial charge in [0.15, 0.2) is 0 Å². The number of fused-ring (bicyclic) bond motifs is 2. The Morgan fingerprint density at radius 2 is 1.36 bits per heavy atom. The quantitative estimate of drug-likeness (QED) is 0.276. The van der Waals surface area contributed by atoms with Crippen LogP contribution in [0.25, 0.3) is 21.8 Å². The van der Waals surface area contributed by atoms with Crippen molar-refractivity contribution in [1.82, 2.24) is 9.97 Å². The number of hydrogen-bond donors (Lipinski definition) is 3. The standard InChI is InChI=1S/C9H6N2O2.C9H8N2O/c12-8-4-3-7(11-13)6-2-1-5-10-9(6)8;10-7-3-4-8(12)9-6(7)2-1-5-11-9/h1-5,12H;1-5,12H,10H2.